The number of methoxy groups -OCH3 is 1. The maximum Gasteiger partial charge on any atom is 0.126 e. The summed E-state index contributed by atoms with van der Waals surface area (Å²) in [6.07, 6.45) is 1.76. The number of hydrogen-bond acceptors (Lipinski definition) is 4. The Hall–Kier alpha value is -2.23. The highest BCUT2D eigenvalue weighted by Gasteiger charge is 1.99. The Labute approximate surface area is 107 Å². The number of rotatable bonds is 5. The number of nitrogens with zero attached hydrogens (tertiary/aromatic N) is 1. The van der Waals surface area contributed by atoms with Crippen LogP contribution >= 0.6 is 0 Å². The van der Waals surface area contributed by atoms with Gasteiger partial charge < -0.3 is 14.8 Å². The molecule has 0 saturated heterocycles. The van der Waals surface area contributed by atoms with Crippen LogP contribution in [0.4, 0.5) is 5.82 Å². The summed E-state index contributed by atoms with van der Waals surface area (Å²) in [4.78, 5) is 4.15. The number of pyridine rings is 1. The van der Waals surface area contributed by atoms with Crippen molar-refractivity contribution in [1.82, 2.24) is 4.98 Å². The summed E-state index contributed by atoms with van der Waals surface area (Å²) in [6, 6.07) is 11.4. The summed E-state index contributed by atoms with van der Waals surface area (Å²) in [5.41, 5.74) is 1.07. The van der Waals surface area contributed by atoms with E-state index >= 15 is 0 Å². The van der Waals surface area contributed by atoms with E-state index in [2.05, 4.69) is 10.3 Å². The second kappa shape index (κ2) is 5.91. The van der Waals surface area contributed by atoms with E-state index in [1.54, 1.807) is 13.3 Å². The van der Waals surface area contributed by atoms with E-state index in [9.17, 15) is 0 Å². The molecule has 4 nitrogen and oxygen atoms in total. The average Bonchev–Trinajstić information content (AvgIpc) is 2.45. The number of anilines is 1. The third-order valence-corrected chi connectivity index (χ3v) is 2.53. The van der Waals surface area contributed by atoms with Crippen LogP contribution in [0.15, 0.2) is 42.6 Å². The summed E-state index contributed by atoms with van der Waals surface area (Å²) in [7, 11) is 3.48. The normalized spacial score (nSPS) is 9.89. The van der Waals surface area contributed by atoms with Crippen LogP contribution in [-0.4, -0.2) is 19.1 Å². The third-order valence-electron chi connectivity index (χ3n) is 2.53. The van der Waals surface area contributed by atoms with Gasteiger partial charge in [-0.1, -0.05) is 6.07 Å². The van der Waals surface area contributed by atoms with Crippen LogP contribution < -0.4 is 14.8 Å². The fourth-order valence-electron chi connectivity index (χ4n) is 1.56. The van der Waals surface area contributed by atoms with E-state index in [4.69, 9.17) is 9.47 Å². The molecule has 0 aliphatic heterocycles. The van der Waals surface area contributed by atoms with Gasteiger partial charge in [-0.15, -0.1) is 0 Å². The first-order chi connectivity index (χ1) is 8.81. The first kappa shape index (κ1) is 12.2. The monoisotopic (exact) mass is 244 g/mol. The predicted molar refractivity (Wildman–Crippen MR) is 71.1 cm³/mol. The third kappa shape index (κ3) is 3.13. The van der Waals surface area contributed by atoms with Crippen LogP contribution in [0, 0.1) is 0 Å². The SMILES string of the molecule is CNc1cc(COc2cccc(OC)c2)ccn1. The molecule has 0 aliphatic carbocycles. The maximum absolute atomic E-state index is 5.70. The number of nitrogens with one attached hydrogen (secondary N) is 1. The Bertz CT molecular complexity index is 467. The fourth-order valence-corrected chi connectivity index (χ4v) is 1.56. The lowest BCUT2D eigenvalue weighted by Gasteiger charge is -2.08. The first-order valence-corrected chi connectivity index (χ1v) is 5.71. The van der Waals surface area contributed by atoms with Crippen LogP contribution in [-0.2, 0) is 6.61 Å². The van der Waals surface area contributed by atoms with Crippen molar-refractivity contribution in [2.24, 2.45) is 0 Å². The molecule has 1 aromatic carbocycles. The van der Waals surface area contributed by atoms with E-state index in [-0.39, 0.29) is 0 Å². The maximum atomic E-state index is 5.70. The molecule has 4 heteroatoms. The highest BCUT2D eigenvalue weighted by Crippen LogP contribution is 2.20. The summed E-state index contributed by atoms with van der Waals surface area (Å²) in [5, 5.41) is 3.00. The standard InChI is InChI=1S/C14H16N2O2/c1-15-14-8-11(6-7-16-14)10-18-13-5-3-4-12(9-13)17-2/h3-9H,10H2,1-2H3,(H,15,16). The van der Waals surface area contributed by atoms with Gasteiger partial charge >= 0.3 is 0 Å². The Kier molecular flexibility index (Phi) is 4.02. The molecule has 0 amide bonds. The topological polar surface area (TPSA) is 43.4 Å². The highest BCUT2D eigenvalue weighted by atomic mass is 16.5. The van der Waals surface area contributed by atoms with Gasteiger partial charge in [-0.05, 0) is 29.8 Å². The van der Waals surface area contributed by atoms with Crippen LogP contribution in [0.25, 0.3) is 0 Å². The number of ether oxygens (including phenoxy) is 2. The smallest absolute Gasteiger partial charge is 0.126 e. The minimum absolute atomic E-state index is 0.504. The van der Waals surface area contributed by atoms with Gasteiger partial charge in [0, 0.05) is 19.3 Å². The van der Waals surface area contributed by atoms with E-state index in [0.717, 1.165) is 22.9 Å². The van der Waals surface area contributed by atoms with Crippen LogP contribution in [0.5, 0.6) is 11.5 Å². The first-order valence-electron chi connectivity index (χ1n) is 5.71. The number of benzene rings is 1. The molecule has 0 spiro atoms. The second-order valence-electron chi connectivity index (χ2n) is 3.77. The van der Waals surface area contributed by atoms with E-state index in [1.165, 1.54) is 0 Å². The molecule has 2 aromatic rings. The largest absolute Gasteiger partial charge is 0.497 e. The summed E-state index contributed by atoms with van der Waals surface area (Å²) >= 11 is 0. The zero-order valence-corrected chi connectivity index (χ0v) is 10.5. The molecular formula is C14H16N2O2. The minimum atomic E-state index is 0.504. The van der Waals surface area contributed by atoms with Crippen molar-refractivity contribution in [3.8, 4) is 11.5 Å². The average molecular weight is 244 g/mol. The quantitative estimate of drug-likeness (QED) is 0.878. The molecule has 0 bridgehead atoms. The zero-order chi connectivity index (χ0) is 12.8. The van der Waals surface area contributed by atoms with Gasteiger partial charge in [0.05, 0.1) is 7.11 Å². The fraction of sp³-hybridized carbons (Fsp3) is 0.214. The lowest BCUT2D eigenvalue weighted by molar-refractivity contribution is 0.303. The van der Waals surface area contributed by atoms with Crippen molar-refractivity contribution in [2.75, 3.05) is 19.5 Å². The Morgan fingerprint density at radius 3 is 2.78 bits per heavy atom. The van der Waals surface area contributed by atoms with E-state index < -0.39 is 0 Å². The minimum Gasteiger partial charge on any atom is -0.497 e. The lowest BCUT2D eigenvalue weighted by Crippen LogP contribution is -1.98. The number of aromatic nitrogens is 1. The van der Waals surface area contributed by atoms with Gasteiger partial charge in [-0.2, -0.15) is 0 Å². The molecule has 94 valence electrons. The Morgan fingerprint density at radius 1 is 1.17 bits per heavy atom. The van der Waals surface area contributed by atoms with Crippen LogP contribution in [0.1, 0.15) is 5.56 Å². The summed E-state index contributed by atoms with van der Waals surface area (Å²) < 4.78 is 10.8. The predicted octanol–water partition coefficient (Wildman–Crippen LogP) is 2.71. The van der Waals surface area contributed by atoms with Crippen molar-refractivity contribution < 1.29 is 9.47 Å². The van der Waals surface area contributed by atoms with E-state index in [1.807, 2.05) is 43.4 Å². The molecule has 1 N–H and O–H groups in total. The van der Waals surface area contributed by atoms with Crippen LogP contribution in [0.2, 0.25) is 0 Å². The van der Waals surface area contributed by atoms with Crippen LogP contribution in [0.3, 0.4) is 0 Å². The molecule has 1 heterocycles. The van der Waals surface area contributed by atoms with Crippen molar-refractivity contribution in [2.45, 2.75) is 6.61 Å². The van der Waals surface area contributed by atoms with Crippen molar-refractivity contribution in [1.29, 1.82) is 0 Å². The molecule has 0 fully saturated rings. The highest BCUT2D eigenvalue weighted by molar-refractivity contribution is 5.37. The van der Waals surface area contributed by atoms with Crippen molar-refractivity contribution >= 4 is 5.82 Å². The summed E-state index contributed by atoms with van der Waals surface area (Å²) in [6.45, 7) is 0.504. The molecule has 2 rings (SSSR count). The summed E-state index contributed by atoms with van der Waals surface area (Å²) in [5.74, 6) is 2.41. The van der Waals surface area contributed by atoms with Gasteiger partial charge in [0.2, 0.25) is 0 Å². The van der Waals surface area contributed by atoms with Crippen molar-refractivity contribution in [3.63, 3.8) is 0 Å². The van der Waals surface area contributed by atoms with Crippen molar-refractivity contribution in [3.05, 3.63) is 48.2 Å². The van der Waals surface area contributed by atoms with Gasteiger partial charge in [0.1, 0.15) is 23.9 Å². The zero-order valence-electron chi connectivity index (χ0n) is 10.5. The molecule has 0 unspecified atom stereocenters. The molecule has 0 radical (unpaired) electrons. The molecule has 0 atom stereocenters. The van der Waals surface area contributed by atoms with Gasteiger partial charge in [-0.25, -0.2) is 4.98 Å². The Morgan fingerprint density at radius 2 is 2.00 bits per heavy atom. The van der Waals surface area contributed by atoms with Gasteiger partial charge in [0.15, 0.2) is 0 Å². The van der Waals surface area contributed by atoms with Gasteiger partial charge in [-0.3, -0.25) is 0 Å². The Balaban J connectivity index is 2.01. The molecule has 0 saturated carbocycles. The van der Waals surface area contributed by atoms with Gasteiger partial charge in [0.25, 0.3) is 0 Å². The number of hydrogen-bond donors (Lipinski definition) is 1. The molecule has 18 heavy (non-hydrogen) atoms. The molecule has 0 aliphatic rings. The van der Waals surface area contributed by atoms with E-state index in [0.29, 0.717) is 6.61 Å². The second-order valence-corrected chi connectivity index (χ2v) is 3.77. The molecule has 1 aromatic heterocycles. The lowest BCUT2D eigenvalue weighted by atomic mass is 10.2. The molecular weight excluding hydrogens is 228 g/mol.